The fourth-order valence-electron chi connectivity index (χ4n) is 2.20. The molecule has 2 rings (SSSR count). The van der Waals surface area contributed by atoms with Crippen molar-refractivity contribution in [2.75, 3.05) is 18.1 Å². The predicted octanol–water partition coefficient (Wildman–Crippen LogP) is 0.787. The standard InChI is InChI=1S/C13H18N2O4S/c1-3-19-11-5-4-10(8-14-11)12(16)15-13(2)6-7-20(17,18)9-13/h4-5,8H,3,6-7,9H2,1-2H3,(H,15,16)/t13-/m0/s1. The quantitative estimate of drug-likeness (QED) is 0.888. The Balaban J connectivity index is 2.05. The van der Waals surface area contributed by atoms with Gasteiger partial charge in [0.05, 0.1) is 29.2 Å². The summed E-state index contributed by atoms with van der Waals surface area (Å²) in [4.78, 5) is 16.1. The van der Waals surface area contributed by atoms with E-state index in [1.54, 1.807) is 19.1 Å². The molecule has 1 fully saturated rings. The predicted molar refractivity (Wildman–Crippen MR) is 74.5 cm³/mol. The van der Waals surface area contributed by atoms with E-state index in [0.29, 0.717) is 24.5 Å². The highest BCUT2D eigenvalue weighted by atomic mass is 32.2. The zero-order valence-corrected chi connectivity index (χ0v) is 12.4. The molecule has 1 N–H and O–H groups in total. The number of hydrogen-bond acceptors (Lipinski definition) is 5. The third-order valence-corrected chi connectivity index (χ3v) is 5.11. The van der Waals surface area contributed by atoms with Crippen LogP contribution in [0.25, 0.3) is 0 Å². The molecular weight excluding hydrogens is 280 g/mol. The molecule has 0 radical (unpaired) electrons. The summed E-state index contributed by atoms with van der Waals surface area (Å²) in [6.07, 6.45) is 1.86. The molecule has 1 amide bonds. The molecule has 1 saturated heterocycles. The van der Waals surface area contributed by atoms with Crippen LogP contribution in [0.3, 0.4) is 0 Å². The molecule has 0 aliphatic carbocycles. The van der Waals surface area contributed by atoms with E-state index >= 15 is 0 Å². The largest absolute Gasteiger partial charge is 0.478 e. The molecule has 110 valence electrons. The van der Waals surface area contributed by atoms with E-state index in [4.69, 9.17) is 4.74 Å². The normalized spacial score (nSPS) is 24.3. The second kappa shape index (κ2) is 5.40. The number of pyridine rings is 1. The lowest BCUT2D eigenvalue weighted by molar-refractivity contribution is 0.0915. The van der Waals surface area contributed by atoms with Crippen LogP contribution >= 0.6 is 0 Å². The van der Waals surface area contributed by atoms with Gasteiger partial charge in [-0.05, 0) is 26.3 Å². The summed E-state index contributed by atoms with van der Waals surface area (Å²) < 4.78 is 28.2. The van der Waals surface area contributed by atoms with Crippen LogP contribution in [0, 0.1) is 0 Å². The highest BCUT2D eigenvalue weighted by Crippen LogP contribution is 2.23. The molecule has 1 aliphatic rings. The van der Waals surface area contributed by atoms with Gasteiger partial charge in [0.2, 0.25) is 5.88 Å². The fourth-order valence-corrected chi connectivity index (χ4v) is 4.30. The SMILES string of the molecule is CCOc1ccc(C(=O)N[C@@]2(C)CCS(=O)(=O)C2)cn1. The minimum absolute atomic E-state index is 0.0177. The van der Waals surface area contributed by atoms with Crippen molar-refractivity contribution in [1.29, 1.82) is 0 Å². The summed E-state index contributed by atoms with van der Waals surface area (Å²) >= 11 is 0. The van der Waals surface area contributed by atoms with Crippen LogP contribution in [0.5, 0.6) is 5.88 Å². The van der Waals surface area contributed by atoms with Crippen molar-refractivity contribution in [2.45, 2.75) is 25.8 Å². The zero-order chi connectivity index (χ0) is 14.8. The Morgan fingerprint density at radius 3 is 2.75 bits per heavy atom. The Bertz CT molecular complexity index is 597. The van der Waals surface area contributed by atoms with Crippen molar-refractivity contribution in [1.82, 2.24) is 10.3 Å². The molecule has 0 spiro atoms. The Kier molecular flexibility index (Phi) is 3.99. The highest BCUT2D eigenvalue weighted by Gasteiger charge is 2.39. The third kappa shape index (κ3) is 3.47. The first-order valence-corrected chi connectivity index (χ1v) is 8.27. The average molecular weight is 298 g/mol. The summed E-state index contributed by atoms with van der Waals surface area (Å²) in [6.45, 7) is 4.11. The van der Waals surface area contributed by atoms with Gasteiger partial charge in [0.15, 0.2) is 9.84 Å². The van der Waals surface area contributed by atoms with E-state index in [-0.39, 0.29) is 17.4 Å². The molecule has 20 heavy (non-hydrogen) atoms. The molecular formula is C13H18N2O4S. The van der Waals surface area contributed by atoms with E-state index in [0.717, 1.165) is 0 Å². The maximum absolute atomic E-state index is 12.1. The van der Waals surface area contributed by atoms with Crippen molar-refractivity contribution >= 4 is 15.7 Å². The monoisotopic (exact) mass is 298 g/mol. The topological polar surface area (TPSA) is 85.4 Å². The number of ether oxygens (including phenoxy) is 1. The number of aromatic nitrogens is 1. The molecule has 2 heterocycles. The first-order chi connectivity index (χ1) is 9.34. The number of rotatable bonds is 4. The summed E-state index contributed by atoms with van der Waals surface area (Å²) in [7, 11) is -3.05. The van der Waals surface area contributed by atoms with Crippen LogP contribution in [-0.4, -0.2) is 43.0 Å². The van der Waals surface area contributed by atoms with Crippen molar-refractivity contribution in [3.8, 4) is 5.88 Å². The molecule has 7 heteroatoms. The van der Waals surface area contributed by atoms with Gasteiger partial charge in [0.25, 0.3) is 5.91 Å². The van der Waals surface area contributed by atoms with E-state index in [2.05, 4.69) is 10.3 Å². The van der Waals surface area contributed by atoms with Crippen LogP contribution in [0.15, 0.2) is 18.3 Å². The Labute approximate surface area is 118 Å². The van der Waals surface area contributed by atoms with Gasteiger partial charge >= 0.3 is 0 Å². The summed E-state index contributed by atoms with van der Waals surface area (Å²) in [5.41, 5.74) is -0.312. The van der Waals surface area contributed by atoms with E-state index in [1.807, 2.05) is 6.92 Å². The molecule has 6 nitrogen and oxygen atoms in total. The molecule has 0 unspecified atom stereocenters. The second-order valence-electron chi connectivity index (χ2n) is 5.17. The minimum Gasteiger partial charge on any atom is -0.478 e. The first kappa shape index (κ1) is 14.8. The maximum atomic E-state index is 12.1. The number of nitrogens with one attached hydrogen (secondary N) is 1. The number of hydrogen-bond donors (Lipinski definition) is 1. The van der Waals surface area contributed by atoms with Crippen molar-refractivity contribution in [3.05, 3.63) is 23.9 Å². The van der Waals surface area contributed by atoms with E-state index < -0.39 is 15.4 Å². The molecule has 1 aromatic rings. The zero-order valence-electron chi connectivity index (χ0n) is 11.5. The number of carbonyl (C=O) groups excluding carboxylic acids is 1. The Morgan fingerprint density at radius 2 is 2.25 bits per heavy atom. The molecule has 0 saturated carbocycles. The van der Waals surface area contributed by atoms with Gasteiger partial charge in [-0.1, -0.05) is 0 Å². The van der Waals surface area contributed by atoms with Crippen LogP contribution in [0.4, 0.5) is 0 Å². The van der Waals surface area contributed by atoms with Crippen molar-refractivity contribution in [3.63, 3.8) is 0 Å². The third-order valence-electron chi connectivity index (χ3n) is 3.21. The Hall–Kier alpha value is -1.63. The number of sulfone groups is 1. The highest BCUT2D eigenvalue weighted by molar-refractivity contribution is 7.91. The number of carbonyl (C=O) groups is 1. The molecule has 0 bridgehead atoms. The van der Waals surface area contributed by atoms with Gasteiger partial charge in [-0.25, -0.2) is 13.4 Å². The van der Waals surface area contributed by atoms with Crippen molar-refractivity contribution in [2.24, 2.45) is 0 Å². The maximum Gasteiger partial charge on any atom is 0.253 e. The number of nitrogens with zero attached hydrogens (tertiary/aromatic N) is 1. The van der Waals surface area contributed by atoms with Gasteiger partial charge in [-0.3, -0.25) is 4.79 Å². The lowest BCUT2D eigenvalue weighted by atomic mass is 10.0. The molecule has 0 aromatic carbocycles. The number of amides is 1. The van der Waals surface area contributed by atoms with Crippen LogP contribution in [0.1, 0.15) is 30.6 Å². The summed E-state index contributed by atoms with van der Waals surface area (Å²) in [5, 5.41) is 2.78. The summed E-state index contributed by atoms with van der Waals surface area (Å²) in [6, 6.07) is 3.23. The lowest BCUT2D eigenvalue weighted by Gasteiger charge is -2.23. The molecule has 1 atom stereocenters. The fraction of sp³-hybridized carbons (Fsp3) is 0.538. The van der Waals surface area contributed by atoms with Crippen molar-refractivity contribution < 1.29 is 17.9 Å². The van der Waals surface area contributed by atoms with Gasteiger partial charge < -0.3 is 10.1 Å². The van der Waals surface area contributed by atoms with Gasteiger partial charge in [-0.15, -0.1) is 0 Å². The van der Waals surface area contributed by atoms with Gasteiger partial charge in [0.1, 0.15) is 0 Å². The van der Waals surface area contributed by atoms with Crippen LogP contribution in [0.2, 0.25) is 0 Å². The lowest BCUT2D eigenvalue weighted by Crippen LogP contribution is -2.46. The smallest absolute Gasteiger partial charge is 0.253 e. The van der Waals surface area contributed by atoms with E-state index in [9.17, 15) is 13.2 Å². The Morgan fingerprint density at radius 1 is 1.50 bits per heavy atom. The average Bonchev–Trinajstić information content (AvgIpc) is 2.64. The van der Waals surface area contributed by atoms with Gasteiger partial charge in [0, 0.05) is 12.3 Å². The second-order valence-corrected chi connectivity index (χ2v) is 7.36. The van der Waals surface area contributed by atoms with Crippen LogP contribution < -0.4 is 10.1 Å². The van der Waals surface area contributed by atoms with E-state index in [1.165, 1.54) is 6.20 Å². The molecule has 1 aromatic heterocycles. The minimum atomic E-state index is -3.05. The molecule has 1 aliphatic heterocycles. The summed E-state index contributed by atoms with van der Waals surface area (Å²) in [5.74, 6) is 0.237. The van der Waals surface area contributed by atoms with Crippen LogP contribution in [-0.2, 0) is 9.84 Å². The van der Waals surface area contributed by atoms with Gasteiger partial charge in [-0.2, -0.15) is 0 Å². The first-order valence-electron chi connectivity index (χ1n) is 6.45.